The smallest absolute Gasteiger partial charge is 0.133 e. The average Bonchev–Trinajstić information content (AvgIpc) is 1.82. The summed E-state index contributed by atoms with van der Waals surface area (Å²) in [4.78, 5) is 11.0. The molecule has 0 aromatic carbocycles. The van der Waals surface area contributed by atoms with Crippen LogP contribution in [0.3, 0.4) is 0 Å². The number of unbranched alkanes of at least 4 members (excludes halogenated alkanes) is 1. The van der Waals surface area contributed by atoms with Crippen LogP contribution in [0.4, 0.5) is 0 Å². The summed E-state index contributed by atoms with van der Waals surface area (Å²) in [6.07, 6.45) is 3.61. The van der Waals surface area contributed by atoms with E-state index in [4.69, 9.17) is 0 Å². The van der Waals surface area contributed by atoms with Gasteiger partial charge in [0.2, 0.25) is 0 Å². The minimum Gasteiger partial charge on any atom is -0.300 e. The molecule has 0 aromatic heterocycles. The third-order valence-corrected chi connectivity index (χ3v) is 1.36. The van der Waals surface area contributed by atoms with Crippen molar-refractivity contribution in [3.05, 3.63) is 5.92 Å². The quantitative estimate of drug-likeness (QED) is 0.575. The predicted octanol–water partition coefficient (Wildman–Crippen LogP) is 2.75. The van der Waals surface area contributed by atoms with Gasteiger partial charge in [-0.15, -0.1) is 0 Å². The largest absolute Gasteiger partial charge is 0.300 e. The Labute approximate surface area is 63.8 Å². The highest BCUT2D eigenvalue weighted by atomic mass is 16.1. The Bertz CT molecular complexity index is 94.9. The highest BCUT2D eigenvalue weighted by Gasteiger charge is 2.03. The average molecular weight is 141 g/mol. The van der Waals surface area contributed by atoms with Crippen LogP contribution in [-0.2, 0) is 4.79 Å². The first-order valence-corrected chi connectivity index (χ1v) is 3.97. The van der Waals surface area contributed by atoms with Gasteiger partial charge in [-0.2, -0.15) is 0 Å². The normalized spacial score (nSPS) is 10.4. The molecule has 1 nitrogen and oxygen atoms in total. The van der Waals surface area contributed by atoms with Gasteiger partial charge in [0.15, 0.2) is 0 Å². The fourth-order valence-corrected chi connectivity index (χ4v) is 0.857. The number of Topliss-reactive ketones (excluding diaryl/α,β-unsaturated/α-hetero) is 1. The van der Waals surface area contributed by atoms with Crippen molar-refractivity contribution in [1.29, 1.82) is 0 Å². The Morgan fingerprint density at radius 1 is 1.30 bits per heavy atom. The SMILES string of the molecule is CCCCC(=O)C[C](C)C. The first-order valence-electron chi connectivity index (χ1n) is 3.97. The van der Waals surface area contributed by atoms with E-state index in [2.05, 4.69) is 6.92 Å². The Morgan fingerprint density at radius 2 is 1.90 bits per heavy atom. The molecule has 0 saturated heterocycles. The lowest BCUT2D eigenvalue weighted by molar-refractivity contribution is -0.118. The first-order chi connectivity index (χ1) is 4.66. The lowest BCUT2D eigenvalue weighted by atomic mass is 10.0. The van der Waals surface area contributed by atoms with Crippen molar-refractivity contribution in [2.45, 2.75) is 46.5 Å². The molecule has 0 unspecified atom stereocenters. The van der Waals surface area contributed by atoms with Gasteiger partial charge in [0, 0.05) is 12.8 Å². The van der Waals surface area contributed by atoms with Gasteiger partial charge in [0.25, 0.3) is 0 Å². The van der Waals surface area contributed by atoms with E-state index < -0.39 is 0 Å². The van der Waals surface area contributed by atoms with Crippen LogP contribution in [0.15, 0.2) is 0 Å². The molecule has 0 amide bonds. The summed E-state index contributed by atoms with van der Waals surface area (Å²) in [6.45, 7) is 6.11. The van der Waals surface area contributed by atoms with E-state index in [-0.39, 0.29) is 0 Å². The molecule has 0 aliphatic rings. The van der Waals surface area contributed by atoms with E-state index in [1.807, 2.05) is 13.8 Å². The van der Waals surface area contributed by atoms with E-state index in [0.717, 1.165) is 19.3 Å². The molecule has 0 N–H and O–H groups in total. The van der Waals surface area contributed by atoms with Gasteiger partial charge in [0.1, 0.15) is 5.78 Å². The van der Waals surface area contributed by atoms with Crippen molar-refractivity contribution < 1.29 is 4.79 Å². The lowest BCUT2D eigenvalue weighted by Crippen LogP contribution is -2.00. The van der Waals surface area contributed by atoms with E-state index in [9.17, 15) is 4.79 Å². The van der Waals surface area contributed by atoms with Crippen molar-refractivity contribution in [3.8, 4) is 0 Å². The molecule has 10 heavy (non-hydrogen) atoms. The third kappa shape index (κ3) is 5.80. The Balaban J connectivity index is 3.26. The molecule has 0 aliphatic carbocycles. The maximum Gasteiger partial charge on any atom is 0.133 e. The fourth-order valence-electron chi connectivity index (χ4n) is 0.857. The Kier molecular flexibility index (Phi) is 5.27. The molecule has 0 aromatic rings. The summed E-state index contributed by atoms with van der Waals surface area (Å²) in [5.41, 5.74) is 0. The molecule has 0 bridgehead atoms. The van der Waals surface area contributed by atoms with Gasteiger partial charge < -0.3 is 0 Å². The van der Waals surface area contributed by atoms with Crippen LogP contribution in [0.5, 0.6) is 0 Å². The second-order valence-electron chi connectivity index (χ2n) is 3.03. The zero-order chi connectivity index (χ0) is 7.98. The van der Waals surface area contributed by atoms with Crippen molar-refractivity contribution >= 4 is 5.78 Å². The maximum absolute atomic E-state index is 11.0. The van der Waals surface area contributed by atoms with Gasteiger partial charge in [-0.3, -0.25) is 4.79 Å². The number of carbonyl (C=O) groups excluding carboxylic acids is 1. The van der Waals surface area contributed by atoms with Crippen LogP contribution >= 0.6 is 0 Å². The maximum atomic E-state index is 11.0. The molecule has 0 spiro atoms. The first kappa shape index (κ1) is 9.67. The molecule has 0 aliphatic heterocycles. The van der Waals surface area contributed by atoms with Crippen molar-refractivity contribution in [1.82, 2.24) is 0 Å². The number of ketones is 1. The topological polar surface area (TPSA) is 17.1 Å². The summed E-state index contributed by atoms with van der Waals surface area (Å²) < 4.78 is 0. The molecular weight excluding hydrogens is 124 g/mol. The van der Waals surface area contributed by atoms with Gasteiger partial charge in [0.05, 0.1) is 0 Å². The molecule has 1 radical (unpaired) electrons. The third-order valence-electron chi connectivity index (χ3n) is 1.36. The van der Waals surface area contributed by atoms with E-state index in [1.165, 1.54) is 5.92 Å². The van der Waals surface area contributed by atoms with Crippen molar-refractivity contribution in [2.75, 3.05) is 0 Å². The molecule has 0 rings (SSSR count). The standard InChI is InChI=1S/C9H17O/c1-4-5-6-9(10)7-8(2)3/h4-7H2,1-3H3. The number of rotatable bonds is 5. The number of carbonyl (C=O) groups is 1. The highest BCUT2D eigenvalue weighted by Crippen LogP contribution is 2.06. The fraction of sp³-hybridized carbons (Fsp3) is 0.778. The van der Waals surface area contributed by atoms with E-state index in [0.29, 0.717) is 12.2 Å². The summed E-state index contributed by atoms with van der Waals surface area (Å²) in [7, 11) is 0. The molecule has 59 valence electrons. The Hall–Kier alpha value is -0.330. The molecule has 0 atom stereocenters. The minimum atomic E-state index is 0.391. The molecule has 1 heteroatoms. The minimum absolute atomic E-state index is 0.391. The van der Waals surface area contributed by atoms with E-state index in [1.54, 1.807) is 0 Å². The lowest BCUT2D eigenvalue weighted by Gasteiger charge is -2.01. The molecule has 0 saturated carbocycles. The van der Waals surface area contributed by atoms with Gasteiger partial charge >= 0.3 is 0 Å². The van der Waals surface area contributed by atoms with Crippen LogP contribution in [0.2, 0.25) is 0 Å². The van der Waals surface area contributed by atoms with Crippen LogP contribution in [0.1, 0.15) is 46.5 Å². The monoisotopic (exact) mass is 141 g/mol. The Morgan fingerprint density at radius 3 is 2.30 bits per heavy atom. The van der Waals surface area contributed by atoms with E-state index >= 15 is 0 Å². The van der Waals surface area contributed by atoms with Gasteiger partial charge in [-0.05, 0) is 12.3 Å². The summed E-state index contributed by atoms with van der Waals surface area (Å²) in [5.74, 6) is 1.61. The molecule has 0 fully saturated rings. The van der Waals surface area contributed by atoms with Gasteiger partial charge in [-0.25, -0.2) is 0 Å². The molecular formula is C9H17O. The van der Waals surface area contributed by atoms with Crippen LogP contribution in [-0.4, -0.2) is 5.78 Å². The second-order valence-corrected chi connectivity index (χ2v) is 3.03. The van der Waals surface area contributed by atoms with Gasteiger partial charge in [-0.1, -0.05) is 27.2 Å². The van der Waals surface area contributed by atoms with Crippen LogP contribution < -0.4 is 0 Å². The summed E-state index contributed by atoms with van der Waals surface area (Å²) in [6, 6.07) is 0. The second kappa shape index (κ2) is 5.45. The van der Waals surface area contributed by atoms with Crippen LogP contribution in [0, 0.1) is 5.92 Å². The predicted molar refractivity (Wildman–Crippen MR) is 43.7 cm³/mol. The van der Waals surface area contributed by atoms with Crippen molar-refractivity contribution in [2.24, 2.45) is 0 Å². The number of hydrogen-bond donors (Lipinski definition) is 0. The number of hydrogen-bond acceptors (Lipinski definition) is 1. The zero-order valence-corrected chi connectivity index (χ0v) is 7.24. The highest BCUT2D eigenvalue weighted by molar-refractivity contribution is 5.79. The van der Waals surface area contributed by atoms with Crippen molar-refractivity contribution in [3.63, 3.8) is 0 Å². The zero-order valence-electron chi connectivity index (χ0n) is 7.24. The summed E-state index contributed by atoms with van der Waals surface area (Å²) in [5, 5.41) is 0. The summed E-state index contributed by atoms with van der Waals surface area (Å²) >= 11 is 0. The molecule has 0 heterocycles. The van der Waals surface area contributed by atoms with Crippen LogP contribution in [0.25, 0.3) is 0 Å².